The van der Waals surface area contributed by atoms with Gasteiger partial charge in [-0.25, -0.2) is 4.39 Å². The molecule has 0 saturated carbocycles. The van der Waals surface area contributed by atoms with E-state index in [1.54, 1.807) is 36.4 Å². The van der Waals surface area contributed by atoms with Crippen LogP contribution >= 0.6 is 23.4 Å². The molecule has 0 aromatic heterocycles. The van der Waals surface area contributed by atoms with Crippen molar-refractivity contribution >= 4 is 40.9 Å². The van der Waals surface area contributed by atoms with Gasteiger partial charge in [-0.2, -0.15) is 0 Å². The molecule has 3 unspecified atom stereocenters. The molecular formula is C21H23ClFN3O3S. The Morgan fingerprint density at radius 2 is 2.07 bits per heavy atom. The lowest BCUT2D eigenvalue weighted by molar-refractivity contribution is -0.131. The number of benzene rings is 2. The zero-order valence-corrected chi connectivity index (χ0v) is 18.1. The molecule has 0 aliphatic carbocycles. The molecular weight excluding hydrogens is 429 g/mol. The largest absolute Gasteiger partial charge is 0.495 e. The maximum Gasteiger partial charge on any atom is 0.227 e. The third-order valence-electron chi connectivity index (χ3n) is 4.83. The Labute approximate surface area is 183 Å². The molecule has 2 aromatic rings. The molecule has 2 aromatic carbocycles. The fourth-order valence-electron chi connectivity index (χ4n) is 3.16. The van der Waals surface area contributed by atoms with E-state index in [1.807, 2.05) is 6.92 Å². The van der Waals surface area contributed by atoms with E-state index in [-0.39, 0.29) is 35.6 Å². The van der Waals surface area contributed by atoms with E-state index in [9.17, 15) is 14.0 Å². The summed E-state index contributed by atoms with van der Waals surface area (Å²) in [6, 6.07) is 11.3. The standard InChI is InChI=1S/C21H23ClFN3O3S/c1-12-15(10-19(27)25-14-7-8-18(29-2)16(22)9-14)20(28)26-21(24-12)30-11-13-5-3-4-6-17(13)23/h3-9,12,15,21,24H,10-11H2,1-2H3,(H,25,27)(H,26,28). The van der Waals surface area contributed by atoms with E-state index in [2.05, 4.69) is 16.0 Å². The first kappa shape index (κ1) is 22.4. The molecule has 3 atom stereocenters. The summed E-state index contributed by atoms with van der Waals surface area (Å²) in [5.41, 5.74) is 0.749. The highest BCUT2D eigenvalue weighted by molar-refractivity contribution is 7.99. The van der Waals surface area contributed by atoms with Crippen molar-refractivity contribution in [3.05, 3.63) is 58.9 Å². The summed E-state index contributed by atoms with van der Waals surface area (Å²) < 4.78 is 18.9. The Balaban J connectivity index is 1.53. The molecule has 1 fully saturated rings. The van der Waals surface area contributed by atoms with Crippen molar-refractivity contribution in [2.24, 2.45) is 5.92 Å². The molecule has 2 amide bonds. The van der Waals surface area contributed by atoms with Crippen molar-refractivity contribution in [1.29, 1.82) is 0 Å². The van der Waals surface area contributed by atoms with Crippen LogP contribution in [-0.4, -0.2) is 30.5 Å². The van der Waals surface area contributed by atoms with Gasteiger partial charge in [0.1, 0.15) is 17.1 Å². The molecule has 0 radical (unpaired) electrons. The van der Waals surface area contributed by atoms with Gasteiger partial charge < -0.3 is 15.4 Å². The van der Waals surface area contributed by atoms with E-state index in [1.165, 1.54) is 24.9 Å². The molecule has 1 saturated heterocycles. The number of nitrogens with one attached hydrogen (secondary N) is 3. The van der Waals surface area contributed by atoms with Crippen molar-refractivity contribution in [2.75, 3.05) is 12.4 Å². The number of thioether (sulfide) groups is 1. The molecule has 6 nitrogen and oxygen atoms in total. The van der Waals surface area contributed by atoms with Crippen LogP contribution in [0.25, 0.3) is 0 Å². The molecule has 1 aliphatic heterocycles. The van der Waals surface area contributed by atoms with Crippen molar-refractivity contribution in [2.45, 2.75) is 30.6 Å². The maximum atomic E-state index is 13.8. The Morgan fingerprint density at radius 3 is 2.73 bits per heavy atom. The quantitative estimate of drug-likeness (QED) is 0.597. The first-order chi connectivity index (χ1) is 14.4. The van der Waals surface area contributed by atoms with Gasteiger partial charge in [0.05, 0.1) is 18.1 Å². The van der Waals surface area contributed by atoms with E-state index >= 15 is 0 Å². The number of anilines is 1. The predicted octanol–water partition coefficient (Wildman–Crippen LogP) is 3.76. The third kappa shape index (κ3) is 5.65. The number of hydrogen-bond donors (Lipinski definition) is 3. The third-order valence-corrected chi connectivity index (χ3v) is 6.19. The fourth-order valence-corrected chi connectivity index (χ4v) is 4.51. The number of methoxy groups -OCH3 is 1. The van der Waals surface area contributed by atoms with Crippen LogP contribution in [0.4, 0.5) is 10.1 Å². The fraction of sp³-hybridized carbons (Fsp3) is 0.333. The number of carbonyl (C=O) groups excluding carboxylic acids is 2. The van der Waals surface area contributed by atoms with Gasteiger partial charge in [-0.3, -0.25) is 14.9 Å². The summed E-state index contributed by atoms with van der Waals surface area (Å²) in [6.45, 7) is 1.86. The van der Waals surface area contributed by atoms with Gasteiger partial charge in [-0.1, -0.05) is 29.8 Å². The molecule has 0 spiro atoms. The zero-order chi connectivity index (χ0) is 21.7. The minimum Gasteiger partial charge on any atom is -0.495 e. The Morgan fingerprint density at radius 1 is 1.30 bits per heavy atom. The van der Waals surface area contributed by atoms with E-state index in [4.69, 9.17) is 16.3 Å². The van der Waals surface area contributed by atoms with Crippen molar-refractivity contribution in [3.8, 4) is 5.75 Å². The van der Waals surface area contributed by atoms with Crippen molar-refractivity contribution in [1.82, 2.24) is 10.6 Å². The Kier molecular flexibility index (Phi) is 7.58. The van der Waals surface area contributed by atoms with Crippen LogP contribution < -0.4 is 20.7 Å². The van der Waals surface area contributed by atoms with Crippen LogP contribution in [-0.2, 0) is 15.3 Å². The predicted molar refractivity (Wildman–Crippen MR) is 117 cm³/mol. The lowest BCUT2D eigenvalue weighted by Crippen LogP contribution is -2.59. The van der Waals surface area contributed by atoms with Gasteiger partial charge in [-0.05, 0) is 36.8 Å². The first-order valence-electron chi connectivity index (χ1n) is 9.42. The van der Waals surface area contributed by atoms with Crippen LogP contribution in [0.15, 0.2) is 42.5 Å². The highest BCUT2D eigenvalue weighted by Gasteiger charge is 2.35. The molecule has 9 heteroatoms. The van der Waals surface area contributed by atoms with Crippen LogP contribution in [0, 0.1) is 11.7 Å². The van der Waals surface area contributed by atoms with Gasteiger partial charge in [0, 0.05) is 23.9 Å². The van der Waals surface area contributed by atoms with Crippen molar-refractivity contribution in [3.63, 3.8) is 0 Å². The van der Waals surface area contributed by atoms with Gasteiger partial charge >= 0.3 is 0 Å². The minimum absolute atomic E-state index is 0.0222. The molecule has 160 valence electrons. The van der Waals surface area contributed by atoms with Gasteiger partial charge in [-0.15, -0.1) is 11.8 Å². The Bertz CT molecular complexity index is 930. The highest BCUT2D eigenvalue weighted by atomic mass is 35.5. The summed E-state index contributed by atoms with van der Waals surface area (Å²) in [6.07, 6.45) is 0.0222. The summed E-state index contributed by atoms with van der Waals surface area (Å²) >= 11 is 7.47. The lowest BCUT2D eigenvalue weighted by Gasteiger charge is -2.35. The molecule has 30 heavy (non-hydrogen) atoms. The number of amides is 2. The molecule has 3 rings (SSSR count). The van der Waals surface area contributed by atoms with Gasteiger partial charge in [0.15, 0.2) is 0 Å². The number of rotatable bonds is 7. The summed E-state index contributed by atoms with van der Waals surface area (Å²) in [7, 11) is 1.51. The van der Waals surface area contributed by atoms with Gasteiger partial charge in [0.2, 0.25) is 11.8 Å². The lowest BCUT2D eigenvalue weighted by atomic mass is 9.94. The number of hydrogen-bond acceptors (Lipinski definition) is 5. The normalized spacial score (nSPS) is 21.1. The molecule has 3 N–H and O–H groups in total. The summed E-state index contributed by atoms with van der Waals surface area (Å²) in [5.74, 6) is -0.367. The maximum absolute atomic E-state index is 13.8. The molecule has 0 bridgehead atoms. The second-order valence-electron chi connectivity index (χ2n) is 6.95. The zero-order valence-electron chi connectivity index (χ0n) is 16.6. The number of halogens is 2. The average molecular weight is 452 g/mol. The smallest absolute Gasteiger partial charge is 0.227 e. The van der Waals surface area contributed by atoms with E-state index < -0.39 is 5.92 Å². The average Bonchev–Trinajstić information content (AvgIpc) is 2.70. The first-order valence-corrected chi connectivity index (χ1v) is 10.8. The topological polar surface area (TPSA) is 79.5 Å². The van der Waals surface area contributed by atoms with E-state index in [0.29, 0.717) is 27.8 Å². The van der Waals surface area contributed by atoms with Crippen LogP contribution in [0.5, 0.6) is 5.75 Å². The summed E-state index contributed by atoms with van der Waals surface area (Å²) in [5, 5.41) is 9.26. The van der Waals surface area contributed by atoms with Crippen molar-refractivity contribution < 1.29 is 18.7 Å². The second-order valence-corrected chi connectivity index (χ2v) is 8.46. The SMILES string of the molecule is COc1ccc(NC(=O)CC2C(=O)NC(SCc3ccccc3F)NC2C)cc1Cl. The van der Waals surface area contributed by atoms with Gasteiger partial charge in [0.25, 0.3) is 0 Å². The molecule has 1 aliphatic rings. The van der Waals surface area contributed by atoms with Crippen LogP contribution in [0.3, 0.4) is 0 Å². The minimum atomic E-state index is -0.524. The Hall–Kier alpha value is -2.29. The van der Waals surface area contributed by atoms with E-state index in [0.717, 1.165) is 0 Å². The monoisotopic (exact) mass is 451 g/mol. The number of carbonyl (C=O) groups is 2. The summed E-state index contributed by atoms with van der Waals surface area (Å²) in [4.78, 5) is 25.0. The highest BCUT2D eigenvalue weighted by Crippen LogP contribution is 2.28. The number of ether oxygens (including phenoxy) is 1. The molecule has 1 heterocycles. The van der Waals surface area contributed by atoms with Crippen LogP contribution in [0.2, 0.25) is 5.02 Å². The van der Waals surface area contributed by atoms with Crippen LogP contribution in [0.1, 0.15) is 18.9 Å². The second kappa shape index (κ2) is 10.1.